The Morgan fingerprint density at radius 3 is 2.62 bits per heavy atom. The Hall–Kier alpha value is -2.74. The van der Waals surface area contributed by atoms with Crippen LogP contribution in [0.3, 0.4) is 0 Å². The van der Waals surface area contributed by atoms with E-state index in [0.717, 1.165) is 10.5 Å². The molecule has 0 unspecified atom stereocenters. The predicted molar refractivity (Wildman–Crippen MR) is 96.6 cm³/mol. The smallest absolute Gasteiger partial charge is 0.272 e. The van der Waals surface area contributed by atoms with E-state index in [4.69, 9.17) is 0 Å². The van der Waals surface area contributed by atoms with Crippen LogP contribution in [0.15, 0.2) is 53.0 Å². The molecule has 1 atom stereocenters. The van der Waals surface area contributed by atoms with Gasteiger partial charge in [-0.2, -0.15) is 0 Å². The van der Waals surface area contributed by atoms with Gasteiger partial charge in [0.25, 0.3) is 5.91 Å². The highest BCUT2D eigenvalue weighted by Crippen LogP contribution is 2.27. The number of anilines is 1. The topological polar surface area (TPSA) is 78.5 Å². The highest BCUT2D eigenvalue weighted by molar-refractivity contribution is 9.10. The van der Waals surface area contributed by atoms with E-state index in [1.165, 1.54) is 23.1 Å². The zero-order valence-corrected chi connectivity index (χ0v) is 15.1. The molecule has 0 saturated carbocycles. The van der Waals surface area contributed by atoms with Crippen LogP contribution in [0.25, 0.3) is 0 Å². The number of hydrogen-bond acceptors (Lipinski definition) is 3. The maximum absolute atomic E-state index is 13.6. The first-order valence-electron chi connectivity index (χ1n) is 7.86. The lowest BCUT2D eigenvalue weighted by Crippen LogP contribution is -2.45. The van der Waals surface area contributed by atoms with Crippen molar-refractivity contribution in [1.29, 1.82) is 0 Å². The van der Waals surface area contributed by atoms with Crippen LogP contribution in [-0.4, -0.2) is 24.3 Å². The van der Waals surface area contributed by atoms with Crippen molar-refractivity contribution in [3.8, 4) is 0 Å². The monoisotopic (exact) mass is 419 g/mol. The number of amides is 3. The molecule has 2 aromatic rings. The minimum Gasteiger partial charge on any atom is -0.312 e. The molecule has 6 nitrogen and oxygen atoms in total. The molecule has 2 N–H and O–H groups in total. The summed E-state index contributed by atoms with van der Waals surface area (Å²) in [5.74, 6) is -2.73. The summed E-state index contributed by atoms with van der Waals surface area (Å²) in [7, 11) is 0. The average molecular weight is 420 g/mol. The van der Waals surface area contributed by atoms with Crippen LogP contribution in [0.1, 0.15) is 16.8 Å². The third-order valence-electron chi connectivity index (χ3n) is 4.03. The van der Waals surface area contributed by atoms with Gasteiger partial charge in [0.1, 0.15) is 5.82 Å². The van der Waals surface area contributed by atoms with E-state index in [2.05, 4.69) is 26.8 Å². The van der Waals surface area contributed by atoms with Crippen molar-refractivity contribution < 1.29 is 18.8 Å². The predicted octanol–water partition coefficient (Wildman–Crippen LogP) is 2.40. The highest BCUT2D eigenvalue weighted by Gasteiger charge is 2.35. The fourth-order valence-corrected chi connectivity index (χ4v) is 3.10. The SMILES string of the molecule is O=C(NNC(=O)[C@H]1CC(=O)N(c2cccc(Br)c2)C1)c1ccccc1F. The lowest BCUT2D eigenvalue weighted by Gasteiger charge is -2.17. The van der Waals surface area contributed by atoms with Crippen molar-refractivity contribution in [2.24, 2.45) is 5.92 Å². The number of rotatable bonds is 3. The molecule has 3 amide bonds. The Labute approximate surface area is 157 Å². The van der Waals surface area contributed by atoms with Gasteiger partial charge in [-0.15, -0.1) is 0 Å². The van der Waals surface area contributed by atoms with Crippen LogP contribution in [-0.2, 0) is 9.59 Å². The normalized spacial score (nSPS) is 16.5. The Bertz CT molecular complexity index is 874. The molecular formula is C18H15BrFN3O3. The molecule has 1 aliphatic heterocycles. The van der Waals surface area contributed by atoms with E-state index in [0.29, 0.717) is 5.69 Å². The zero-order chi connectivity index (χ0) is 18.7. The third kappa shape index (κ3) is 3.91. The quantitative estimate of drug-likeness (QED) is 0.749. The van der Waals surface area contributed by atoms with Crippen molar-refractivity contribution in [3.63, 3.8) is 0 Å². The fourth-order valence-electron chi connectivity index (χ4n) is 2.71. The van der Waals surface area contributed by atoms with Gasteiger partial charge in [-0.1, -0.05) is 34.1 Å². The van der Waals surface area contributed by atoms with E-state index in [9.17, 15) is 18.8 Å². The minimum absolute atomic E-state index is 0.0356. The number of hydrazine groups is 1. The summed E-state index contributed by atoms with van der Waals surface area (Å²) in [6.45, 7) is 0.205. The number of nitrogens with one attached hydrogen (secondary N) is 2. The summed E-state index contributed by atoms with van der Waals surface area (Å²) in [6, 6.07) is 12.7. The molecule has 0 spiro atoms. The Morgan fingerprint density at radius 2 is 1.88 bits per heavy atom. The van der Waals surface area contributed by atoms with Gasteiger partial charge in [-0.05, 0) is 30.3 Å². The van der Waals surface area contributed by atoms with Gasteiger partial charge in [0.05, 0.1) is 11.5 Å². The van der Waals surface area contributed by atoms with Crippen LogP contribution in [0.2, 0.25) is 0 Å². The van der Waals surface area contributed by atoms with Gasteiger partial charge in [0.2, 0.25) is 11.8 Å². The summed E-state index contributed by atoms with van der Waals surface area (Å²) in [5, 5.41) is 0. The van der Waals surface area contributed by atoms with Crippen LogP contribution in [0, 0.1) is 11.7 Å². The highest BCUT2D eigenvalue weighted by atomic mass is 79.9. The van der Waals surface area contributed by atoms with Crippen molar-refractivity contribution in [1.82, 2.24) is 10.9 Å². The molecule has 1 heterocycles. The molecule has 1 fully saturated rings. The number of carbonyl (C=O) groups excluding carboxylic acids is 3. The van der Waals surface area contributed by atoms with Gasteiger partial charge < -0.3 is 4.90 Å². The largest absolute Gasteiger partial charge is 0.312 e. The second-order valence-corrected chi connectivity index (χ2v) is 6.72. The van der Waals surface area contributed by atoms with Gasteiger partial charge >= 0.3 is 0 Å². The molecule has 1 saturated heterocycles. The summed E-state index contributed by atoms with van der Waals surface area (Å²) < 4.78 is 14.4. The Balaban J connectivity index is 1.60. The molecular weight excluding hydrogens is 405 g/mol. The third-order valence-corrected chi connectivity index (χ3v) is 4.53. The summed E-state index contributed by atoms with van der Waals surface area (Å²) in [5.41, 5.74) is 4.95. The molecule has 1 aliphatic rings. The van der Waals surface area contributed by atoms with E-state index < -0.39 is 23.5 Å². The molecule has 2 aromatic carbocycles. The number of halogens is 2. The Kier molecular flexibility index (Phi) is 5.32. The number of nitrogens with zero attached hydrogens (tertiary/aromatic N) is 1. The van der Waals surface area contributed by atoms with Gasteiger partial charge in [0.15, 0.2) is 0 Å². The summed E-state index contributed by atoms with van der Waals surface area (Å²) in [6.07, 6.45) is 0.0356. The number of benzene rings is 2. The zero-order valence-electron chi connectivity index (χ0n) is 13.5. The van der Waals surface area contributed by atoms with Crippen LogP contribution >= 0.6 is 15.9 Å². The fraction of sp³-hybridized carbons (Fsp3) is 0.167. The number of hydrogen-bond donors (Lipinski definition) is 2. The van der Waals surface area contributed by atoms with E-state index in [1.807, 2.05) is 6.07 Å². The lowest BCUT2D eigenvalue weighted by atomic mass is 10.1. The van der Waals surface area contributed by atoms with Crippen LogP contribution < -0.4 is 15.8 Å². The molecule has 26 heavy (non-hydrogen) atoms. The first-order chi connectivity index (χ1) is 12.5. The minimum atomic E-state index is -0.760. The molecule has 8 heteroatoms. The van der Waals surface area contributed by atoms with Crippen LogP contribution in [0.4, 0.5) is 10.1 Å². The second-order valence-electron chi connectivity index (χ2n) is 5.81. The van der Waals surface area contributed by atoms with Gasteiger partial charge in [0, 0.05) is 23.1 Å². The maximum Gasteiger partial charge on any atom is 0.272 e. The molecule has 0 radical (unpaired) electrons. The number of carbonyl (C=O) groups is 3. The first kappa shape index (κ1) is 18.1. The summed E-state index contributed by atoms with van der Waals surface area (Å²) >= 11 is 3.35. The molecule has 0 aliphatic carbocycles. The van der Waals surface area contributed by atoms with Crippen molar-refractivity contribution >= 4 is 39.3 Å². The molecule has 0 aromatic heterocycles. The van der Waals surface area contributed by atoms with Gasteiger partial charge in [-0.25, -0.2) is 4.39 Å². The Morgan fingerprint density at radius 1 is 1.12 bits per heavy atom. The van der Waals surface area contributed by atoms with E-state index in [-0.39, 0.29) is 24.4 Å². The van der Waals surface area contributed by atoms with E-state index in [1.54, 1.807) is 18.2 Å². The van der Waals surface area contributed by atoms with Crippen molar-refractivity contribution in [3.05, 3.63) is 64.4 Å². The van der Waals surface area contributed by atoms with Gasteiger partial charge in [-0.3, -0.25) is 25.2 Å². The van der Waals surface area contributed by atoms with Crippen molar-refractivity contribution in [2.45, 2.75) is 6.42 Å². The second kappa shape index (κ2) is 7.65. The lowest BCUT2D eigenvalue weighted by molar-refractivity contribution is -0.126. The van der Waals surface area contributed by atoms with Crippen molar-refractivity contribution in [2.75, 3.05) is 11.4 Å². The maximum atomic E-state index is 13.6. The summed E-state index contributed by atoms with van der Waals surface area (Å²) in [4.78, 5) is 37.9. The first-order valence-corrected chi connectivity index (χ1v) is 8.65. The van der Waals surface area contributed by atoms with E-state index >= 15 is 0 Å². The molecule has 134 valence electrons. The van der Waals surface area contributed by atoms with Crippen LogP contribution in [0.5, 0.6) is 0 Å². The molecule has 3 rings (SSSR count). The standard InChI is InChI=1S/C18H15BrFN3O3/c19-12-4-3-5-13(9-12)23-10-11(8-16(23)24)17(25)21-22-18(26)14-6-1-2-7-15(14)20/h1-7,9,11H,8,10H2,(H,21,25)(H,22,26)/t11-/m0/s1. The molecule has 0 bridgehead atoms. The average Bonchev–Trinajstić information content (AvgIpc) is 3.01.